The predicted molar refractivity (Wildman–Crippen MR) is 95.8 cm³/mol. The van der Waals surface area contributed by atoms with Crippen LogP contribution in [0, 0.1) is 17.0 Å². The number of nitrogens with one attached hydrogen (secondary N) is 2. The van der Waals surface area contributed by atoms with Crippen LogP contribution in [-0.4, -0.2) is 22.0 Å². The van der Waals surface area contributed by atoms with Gasteiger partial charge in [-0.2, -0.15) is 0 Å². The molecule has 2 N–H and O–H groups in total. The van der Waals surface area contributed by atoms with E-state index in [1.165, 1.54) is 23.9 Å². The summed E-state index contributed by atoms with van der Waals surface area (Å²) < 4.78 is 0. The van der Waals surface area contributed by atoms with Crippen molar-refractivity contribution in [3.05, 3.63) is 58.1 Å². The van der Waals surface area contributed by atoms with Crippen molar-refractivity contribution in [2.45, 2.75) is 23.5 Å². The maximum atomic E-state index is 12.3. The lowest BCUT2D eigenvalue weighted by molar-refractivity contribution is -0.384. The monoisotopic (exact) mass is 357 g/mol. The highest BCUT2D eigenvalue weighted by Crippen LogP contribution is 2.36. The molecule has 1 heterocycles. The zero-order valence-electron chi connectivity index (χ0n) is 13.3. The summed E-state index contributed by atoms with van der Waals surface area (Å²) in [6, 6.07) is 11.9. The molecule has 2 aromatic carbocycles. The first kappa shape index (κ1) is 17.0. The number of aryl methyl sites for hydroxylation is 1. The third-order valence-electron chi connectivity index (χ3n) is 3.70. The first-order valence-corrected chi connectivity index (χ1v) is 8.43. The van der Waals surface area contributed by atoms with Gasteiger partial charge in [-0.15, -0.1) is 11.8 Å². The molecule has 0 saturated heterocycles. The van der Waals surface area contributed by atoms with Gasteiger partial charge in [-0.05, 0) is 30.7 Å². The zero-order valence-corrected chi connectivity index (χ0v) is 14.1. The molecule has 8 heteroatoms. The van der Waals surface area contributed by atoms with Gasteiger partial charge in [-0.1, -0.05) is 18.2 Å². The Morgan fingerprint density at radius 1 is 1.32 bits per heavy atom. The predicted octanol–water partition coefficient (Wildman–Crippen LogP) is 3.34. The number of carbonyl (C=O) groups excluding carboxylic acids is 2. The zero-order chi connectivity index (χ0) is 18.0. The van der Waals surface area contributed by atoms with Gasteiger partial charge in [-0.3, -0.25) is 19.7 Å². The molecular formula is C17H15N3O4S. The molecule has 0 saturated carbocycles. The summed E-state index contributed by atoms with van der Waals surface area (Å²) in [4.78, 5) is 35.9. The molecule has 7 nitrogen and oxygen atoms in total. The highest BCUT2D eigenvalue weighted by atomic mass is 32.2. The number of anilines is 2. The van der Waals surface area contributed by atoms with Crippen molar-refractivity contribution in [2.75, 3.05) is 10.6 Å². The lowest BCUT2D eigenvalue weighted by Crippen LogP contribution is -2.32. The minimum Gasteiger partial charge on any atom is -0.324 e. The number of rotatable bonds is 4. The van der Waals surface area contributed by atoms with Crippen molar-refractivity contribution in [1.29, 1.82) is 0 Å². The van der Waals surface area contributed by atoms with Crippen molar-refractivity contribution < 1.29 is 14.5 Å². The summed E-state index contributed by atoms with van der Waals surface area (Å²) >= 11 is 1.31. The van der Waals surface area contributed by atoms with E-state index in [4.69, 9.17) is 0 Å². The number of hydrogen-bond donors (Lipinski definition) is 2. The number of benzene rings is 2. The first-order valence-electron chi connectivity index (χ1n) is 7.55. The molecule has 1 aliphatic heterocycles. The standard InChI is InChI=1S/C17H15N3O4S/c1-10-6-7-11(13(8-10)20(23)24)18-16(21)9-15-17(22)19-12-4-2-3-5-14(12)25-15/h2-8,15H,9H2,1H3,(H,18,21)(H,19,22)/t15-/m1/s1. The van der Waals surface area contributed by atoms with Crippen LogP contribution in [0.15, 0.2) is 47.4 Å². The number of amides is 2. The van der Waals surface area contributed by atoms with Gasteiger partial charge in [0.2, 0.25) is 11.8 Å². The smallest absolute Gasteiger partial charge is 0.293 e. The Bertz CT molecular complexity index is 869. The summed E-state index contributed by atoms with van der Waals surface area (Å²) in [5, 5.41) is 15.8. The van der Waals surface area contributed by atoms with Crippen LogP contribution in [0.1, 0.15) is 12.0 Å². The van der Waals surface area contributed by atoms with Crippen LogP contribution in [-0.2, 0) is 9.59 Å². The highest BCUT2D eigenvalue weighted by molar-refractivity contribution is 8.01. The van der Waals surface area contributed by atoms with E-state index in [2.05, 4.69) is 10.6 Å². The van der Waals surface area contributed by atoms with E-state index in [9.17, 15) is 19.7 Å². The summed E-state index contributed by atoms with van der Waals surface area (Å²) in [6.45, 7) is 1.74. The number of thioether (sulfide) groups is 1. The minimum atomic E-state index is -0.584. The molecule has 0 radical (unpaired) electrons. The van der Waals surface area contributed by atoms with E-state index in [1.54, 1.807) is 19.1 Å². The number of fused-ring (bicyclic) bond motifs is 1. The first-order chi connectivity index (χ1) is 11.9. The lowest BCUT2D eigenvalue weighted by Gasteiger charge is -2.23. The molecule has 0 unspecified atom stereocenters. The maximum absolute atomic E-state index is 12.3. The molecule has 1 aliphatic rings. The molecular weight excluding hydrogens is 342 g/mol. The van der Waals surface area contributed by atoms with Gasteiger partial charge < -0.3 is 10.6 Å². The molecule has 0 fully saturated rings. The van der Waals surface area contributed by atoms with Crippen molar-refractivity contribution in [3.8, 4) is 0 Å². The number of hydrogen-bond acceptors (Lipinski definition) is 5. The average Bonchev–Trinajstić information content (AvgIpc) is 2.57. The molecule has 2 amide bonds. The third kappa shape index (κ3) is 3.80. The van der Waals surface area contributed by atoms with E-state index in [-0.39, 0.29) is 23.7 Å². The number of para-hydroxylation sites is 1. The van der Waals surface area contributed by atoms with Gasteiger partial charge in [-0.25, -0.2) is 0 Å². The summed E-state index contributed by atoms with van der Waals surface area (Å²) in [5.74, 6) is -0.698. The Morgan fingerprint density at radius 2 is 2.08 bits per heavy atom. The van der Waals surface area contributed by atoms with E-state index in [1.807, 2.05) is 18.2 Å². The SMILES string of the molecule is Cc1ccc(NC(=O)C[C@H]2Sc3ccccc3NC2=O)c([N+](=O)[O-])c1. The van der Waals surface area contributed by atoms with Gasteiger partial charge in [0, 0.05) is 17.4 Å². The van der Waals surface area contributed by atoms with E-state index < -0.39 is 16.1 Å². The Labute approximate surface area is 148 Å². The van der Waals surface area contributed by atoms with Crippen LogP contribution in [0.25, 0.3) is 0 Å². The minimum absolute atomic E-state index is 0.0735. The molecule has 0 spiro atoms. The summed E-state index contributed by atoms with van der Waals surface area (Å²) in [5.41, 5.74) is 1.41. The van der Waals surface area contributed by atoms with Crippen LogP contribution < -0.4 is 10.6 Å². The quantitative estimate of drug-likeness (QED) is 0.645. The number of carbonyl (C=O) groups is 2. The third-order valence-corrected chi connectivity index (χ3v) is 4.98. The maximum Gasteiger partial charge on any atom is 0.293 e. The van der Waals surface area contributed by atoms with Crippen LogP contribution in [0.2, 0.25) is 0 Å². The van der Waals surface area contributed by atoms with Crippen LogP contribution in [0.4, 0.5) is 17.1 Å². The Kier molecular flexibility index (Phi) is 4.71. The molecule has 3 rings (SSSR count). The second-order valence-corrected chi connectivity index (χ2v) is 6.87. The van der Waals surface area contributed by atoms with Crippen molar-refractivity contribution >= 4 is 40.6 Å². The van der Waals surface area contributed by atoms with Gasteiger partial charge in [0.25, 0.3) is 5.69 Å². The number of nitro benzene ring substituents is 1. The number of nitro groups is 1. The van der Waals surface area contributed by atoms with E-state index in [0.717, 1.165) is 16.1 Å². The fraction of sp³-hybridized carbons (Fsp3) is 0.176. The van der Waals surface area contributed by atoms with Gasteiger partial charge in [0.05, 0.1) is 15.9 Å². The molecule has 25 heavy (non-hydrogen) atoms. The topological polar surface area (TPSA) is 101 Å². The molecule has 0 aliphatic carbocycles. The normalized spacial score (nSPS) is 15.9. The van der Waals surface area contributed by atoms with Crippen LogP contribution in [0.3, 0.4) is 0 Å². The van der Waals surface area contributed by atoms with Crippen molar-refractivity contribution in [3.63, 3.8) is 0 Å². The lowest BCUT2D eigenvalue weighted by atomic mass is 10.2. The van der Waals surface area contributed by atoms with E-state index >= 15 is 0 Å². The number of nitrogens with zero attached hydrogens (tertiary/aromatic N) is 1. The van der Waals surface area contributed by atoms with Crippen LogP contribution in [0.5, 0.6) is 0 Å². The summed E-state index contributed by atoms with van der Waals surface area (Å²) in [7, 11) is 0. The molecule has 0 aromatic heterocycles. The molecule has 128 valence electrons. The van der Waals surface area contributed by atoms with Crippen molar-refractivity contribution in [2.24, 2.45) is 0 Å². The Hall–Kier alpha value is -2.87. The van der Waals surface area contributed by atoms with E-state index in [0.29, 0.717) is 0 Å². The molecule has 1 atom stereocenters. The Morgan fingerprint density at radius 3 is 2.84 bits per heavy atom. The van der Waals surface area contributed by atoms with Gasteiger partial charge in [0.15, 0.2) is 0 Å². The fourth-order valence-corrected chi connectivity index (χ4v) is 3.61. The van der Waals surface area contributed by atoms with Gasteiger partial charge in [0.1, 0.15) is 5.69 Å². The molecule has 0 bridgehead atoms. The second kappa shape index (κ2) is 6.94. The highest BCUT2D eigenvalue weighted by Gasteiger charge is 2.29. The molecule has 2 aromatic rings. The average molecular weight is 357 g/mol. The fourth-order valence-electron chi connectivity index (χ4n) is 2.50. The van der Waals surface area contributed by atoms with Gasteiger partial charge >= 0.3 is 0 Å². The van der Waals surface area contributed by atoms with Crippen LogP contribution >= 0.6 is 11.8 Å². The second-order valence-electron chi connectivity index (χ2n) is 5.62. The Balaban J connectivity index is 1.72. The largest absolute Gasteiger partial charge is 0.324 e. The van der Waals surface area contributed by atoms with Crippen molar-refractivity contribution in [1.82, 2.24) is 0 Å². The summed E-state index contributed by atoms with van der Waals surface area (Å²) in [6.07, 6.45) is -0.0735.